The maximum atomic E-state index is 12.7. The molecule has 0 radical (unpaired) electrons. The average Bonchev–Trinajstić information content (AvgIpc) is 2.86. The van der Waals surface area contributed by atoms with Crippen LogP contribution in [0.4, 0.5) is 13.2 Å². The predicted octanol–water partition coefficient (Wildman–Crippen LogP) is 5.13. The molecule has 0 atom stereocenters. The number of halogens is 4. The number of nitrogens with one attached hydrogen (secondary N) is 1. The van der Waals surface area contributed by atoms with Crippen LogP contribution >= 0.6 is 11.6 Å². The standard InChI is InChI=1S/C17H11ClF3NO2/c18-13-3-1-2-11-12(8-14(23)24)15(22-16(11)13)9-4-6-10(7-5-9)17(19,20)21/h1-7,22H,8H2,(H,23,24). The van der Waals surface area contributed by atoms with E-state index in [1.165, 1.54) is 12.1 Å². The van der Waals surface area contributed by atoms with Crippen molar-refractivity contribution in [3.8, 4) is 11.3 Å². The molecule has 0 saturated heterocycles. The minimum atomic E-state index is -4.42. The lowest BCUT2D eigenvalue weighted by Crippen LogP contribution is -2.04. The van der Waals surface area contributed by atoms with Crippen molar-refractivity contribution in [2.45, 2.75) is 12.6 Å². The van der Waals surface area contributed by atoms with Gasteiger partial charge in [-0.2, -0.15) is 13.2 Å². The molecule has 7 heteroatoms. The number of hydrogen-bond acceptors (Lipinski definition) is 1. The molecule has 124 valence electrons. The summed E-state index contributed by atoms with van der Waals surface area (Å²) in [6.07, 6.45) is -4.69. The fraction of sp³-hybridized carbons (Fsp3) is 0.118. The molecule has 0 amide bonds. The van der Waals surface area contributed by atoms with Gasteiger partial charge in [0, 0.05) is 5.39 Å². The van der Waals surface area contributed by atoms with Gasteiger partial charge in [0.05, 0.1) is 28.2 Å². The summed E-state index contributed by atoms with van der Waals surface area (Å²) in [6.45, 7) is 0. The first-order valence-corrected chi connectivity index (χ1v) is 7.33. The zero-order valence-electron chi connectivity index (χ0n) is 12.1. The number of fused-ring (bicyclic) bond motifs is 1. The van der Waals surface area contributed by atoms with Gasteiger partial charge >= 0.3 is 12.1 Å². The summed E-state index contributed by atoms with van der Waals surface area (Å²) in [5, 5.41) is 10.2. The highest BCUT2D eigenvalue weighted by Crippen LogP contribution is 2.36. The van der Waals surface area contributed by atoms with Crippen molar-refractivity contribution in [2.24, 2.45) is 0 Å². The Bertz CT molecular complexity index is 914. The molecule has 0 spiro atoms. The van der Waals surface area contributed by atoms with Crippen LogP contribution in [0.1, 0.15) is 11.1 Å². The Morgan fingerprint density at radius 1 is 1.12 bits per heavy atom. The van der Waals surface area contributed by atoms with Crippen molar-refractivity contribution in [2.75, 3.05) is 0 Å². The SMILES string of the molecule is O=C(O)Cc1c(-c2ccc(C(F)(F)F)cc2)[nH]c2c(Cl)cccc12. The van der Waals surface area contributed by atoms with E-state index >= 15 is 0 Å². The van der Waals surface area contributed by atoms with Crippen LogP contribution in [0.25, 0.3) is 22.2 Å². The monoisotopic (exact) mass is 353 g/mol. The largest absolute Gasteiger partial charge is 0.481 e. The lowest BCUT2D eigenvalue weighted by Gasteiger charge is -2.08. The number of aromatic amines is 1. The summed E-state index contributed by atoms with van der Waals surface area (Å²) < 4.78 is 38.1. The predicted molar refractivity (Wildman–Crippen MR) is 85.1 cm³/mol. The number of carboxylic acids is 1. The summed E-state index contributed by atoms with van der Waals surface area (Å²) in [4.78, 5) is 14.2. The highest BCUT2D eigenvalue weighted by molar-refractivity contribution is 6.35. The maximum absolute atomic E-state index is 12.7. The third-order valence-corrected chi connectivity index (χ3v) is 4.03. The topological polar surface area (TPSA) is 53.1 Å². The van der Waals surface area contributed by atoms with Crippen molar-refractivity contribution in [1.29, 1.82) is 0 Å². The minimum Gasteiger partial charge on any atom is -0.481 e. The Hall–Kier alpha value is -2.47. The second-order valence-electron chi connectivity index (χ2n) is 5.29. The van der Waals surface area contributed by atoms with Crippen molar-refractivity contribution >= 4 is 28.5 Å². The molecular weight excluding hydrogens is 343 g/mol. The minimum absolute atomic E-state index is 0.267. The smallest absolute Gasteiger partial charge is 0.416 e. The molecule has 24 heavy (non-hydrogen) atoms. The first kappa shape index (κ1) is 16.4. The number of carbonyl (C=O) groups is 1. The molecule has 2 N–H and O–H groups in total. The van der Waals surface area contributed by atoms with Crippen molar-refractivity contribution in [1.82, 2.24) is 4.98 Å². The average molecular weight is 354 g/mol. The van der Waals surface area contributed by atoms with E-state index in [0.717, 1.165) is 12.1 Å². The molecule has 0 aliphatic carbocycles. The molecule has 3 rings (SSSR count). The van der Waals surface area contributed by atoms with Crippen LogP contribution in [0.3, 0.4) is 0 Å². The fourth-order valence-corrected chi connectivity index (χ4v) is 2.87. The van der Waals surface area contributed by atoms with Crippen molar-refractivity contribution in [3.05, 3.63) is 58.6 Å². The van der Waals surface area contributed by atoms with Crippen LogP contribution in [-0.4, -0.2) is 16.1 Å². The van der Waals surface area contributed by atoms with Gasteiger partial charge in [-0.05, 0) is 29.3 Å². The highest BCUT2D eigenvalue weighted by Gasteiger charge is 2.30. The van der Waals surface area contributed by atoms with Gasteiger partial charge in [0.2, 0.25) is 0 Å². The molecule has 3 nitrogen and oxygen atoms in total. The molecule has 0 aliphatic heterocycles. The van der Waals surface area contributed by atoms with E-state index in [2.05, 4.69) is 4.98 Å². The number of rotatable bonds is 3. The molecule has 0 fully saturated rings. The molecule has 1 aromatic heterocycles. The molecule has 0 aliphatic rings. The van der Waals surface area contributed by atoms with Crippen LogP contribution in [-0.2, 0) is 17.4 Å². The number of aliphatic carboxylic acids is 1. The molecule has 2 aromatic carbocycles. The lowest BCUT2D eigenvalue weighted by atomic mass is 10.0. The number of para-hydroxylation sites is 1. The normalized spacial score (nSPS) is 11.8. The quantitative estimate of drug-likeness (QED) is 0.685. The molecule has 0 bridgehead atoms. The molecule has 0 saturated carbocycles. The Morgan fingerprint density at radius 3 is 2.38 bits per heavy atom. The van der Waals surface area contributed by atoms with E-state index in [0.29, 0.717) is 32.7 Å². The maximum Gasteiger partial charge on any atom is 0.416 e. The first-order chi connectivity index (χ1) is 11.3. The van der Waals surface area contributed by atoms with Gasteiger partial charge in [-0.3, -0.25) is 4.79 Å². The van der Waals surface area contributed by atoms with E-state index in [1.807, 2.05) is 0 Å². The Labute approximate surface area is 139 Å². The highest BCUT2D eigenvalue weighted by atomic mass is 35.5. The van der Waals surface area contributed by atoms with Gasteiger partial charge in [0.1, 0.15) is 0 Å². The molecule has 1 heterocycles. The van der Waals surface area contributed by atoms with E-state index in [9.17, 15) is 18.0 Å². The van der Waals surface area contributed by atoms with E-state index < -0.39 is 17.7 Å². The Morgan fingerprint density at radius 2 is 1.79 bits per heavy atom. The van der Waals surface area contributed by atoms with Crippen LogP contribution < -0.4 is 0 Å². The van der Waals surface area contributed by atoms with Crippen molar-refractivity contribution < 1.29 is 23.1 Å². The van der Waals surface area contributed by atoms with Gasteiger partial charge in [0.15, 0.2) is 0 Å². The number of benzene rings is 2. The van der Waals surface area contributed by atoms with Gasteiger partial charge in [-0.25, -0.2) is 0 Å². The number of carboxylic acid groups (broad SMARTS) is 1. The van der Waals surface area contributed by atoms with Gasteiger partial charge in [-0.15, -0.1) is 0 Å². The number of H-pyrrole nitrogens is 1. The van der Waals surface area contributed by atoms with Crippen LogP contribution in [0, 0.1) is 0 Å². The van der Waals surface area contributed by atoms with E-state index in [4.69, 9.17) is 16.7 Å². The van der Waals surface area contributed by atoms with Crippen LogP contribution in [0.5, 0.6) is 0 Å². The zero-order valence-corrected chi connectivity index (χ0v) is 12.9. The second-order valence-corrected chi connectivity index (χ2v) is 5.69. The summed E-state index contributed by atoms with van der Waals surface area (Å²) in [6, 6.07) is 9.63. The Balaban J connectivity index is 2.18. The second kappa shape index (κ2) is 5.87. The van der Waals surface area contributed by atoms with Crippen LogP contribution in [0.15, 0.2) is 42.5 Å². The van der Waals surface area contributed by atoms with Crippen LogP contribution in [0.2, 0.25) is 5.02 Å². The molecule has 0 unspecified atom stereocenters. The van der Waals surface area contributed by atoms with E-state index in [-0.39, 0.29) is 6.42 Å². The summed E-state index contributed by atoms with van der Waals surface area (Å²) >= 11 is 6.12. The third-order valence-electron chi connectivity index (χ3n) is 3.72. The van der Waals surface area contributed by atoms with E-state index in [1.54, 1.807) is 18.2 Å². The summed E-state index contributed by atoms with van der Waals surface area (Å²) in [5.74, 6) is -1.04. The summed E-state index contributed by atoms with van der Waals surface area (Å²) in [7, 11) is 0. The molecule has 3 aromatic rings. The van der Waals surface area contributed by atoms with Gasteiger partial charge < -0.3 is 10.1 Å². The zero-order chi connectivity index (χ0) is 17.5. The fourth-order valence-electron chi connectivity index (χ4n) is 2.64. The Kier molecular flexibility index (Phi) is 4.01. The van der Waals surface area contributed by atoms with Gasteiger partial charge in [-0.1, -0.05) is 35.9 Å². The first-order valence-electron chi connectivity index (χ1n) is 6.96. The number of alkyl halides is 3. The van der Waals surface area contributed by atoms with Crippen molar-refractivity contribution in [3.63, 3.8) is 0 Å². The molecular formula is C17H11ClF3NO2. The van der Waals surface area contributed by atoms with Gasteiger partial charge in [0.25, 0.3) is 0 Å². The number of aromatic nitrogens is 1. The third kappa shape index (κ3) is 2.97. The number of hydrogen-bond donors (Lipinski definition) is 2. The lowest BCUT2D eigenvalue weighted by molar-refractivity contribution is -0.138. The summed E-state index contributed by atoms with van der Waals surface area (Å²) in [5.41, 5.74) is 1.20.